The van der Waals surface area contributed by atoms with Crippen molar-refractivity contribution < 1.29 is 0 Å². The van der Waals surface area contributed by atoms with Crippen molar-refractivity contribution in [1.82, 2.24) is 5.32 Å². The molecule has 1 aromatic carbocycles. The summed E-state index contributed by atoms with van der Waals surface area (Å²) in [7, 11) is 0. The molecular formula is C17H26BrN. The largest absolute Gasteiger partial charge is 0.310 e. The number of hydrogen-bond donors (Lipinski definition) is 1. The first-order valence-corrected chi connectivity index (χ1v) is 8.47. The molecule has 0 aromatic heterocycles. The SMILES string of the molecule is CCC1CCC(CNC(C)c2cccc(Br)c2)CC1. The summed E-state index contributed by atoms with van der Waals surface area (Å²) < 4.78 is 1.17. The van der Waals surface area contributed by atoms with E-state index in [1.807, 2.05) is 0 Å². The fourth-order valence-corrected chi connectivity index (χ4v) is 3.50. The summed E-state index contributed by atoms with van der Waals surface area (Å²) in [5, 5.41) is 3.71. The maximum absolute atomic E-state index is 3.71. The Bertz CT molecular complexity index is 383. The lowest BCUT2D eigenvalue weighted by atomic mass is 9.81. The zero-order chi connectivity index (χ0) is 13.7. The van der Waals surface area contributed by atoms with Crippen molar-refractivity contribution in [2.45, 2.75) is 52.0 Å². The summed E-state index contributed by atoms with van der Waals surface area (Å²) >= 11 is 3.54. The third kappa shape index (κ3) is 4.61. The van der Waals surface area contributed by atoms with Gasteiger partial charge < -0.3 is 5.32 Å². The van der Waals surface area contributed by atoms with Crippen LogP contribution in [0.4, 0.5) is 0 Å². The Morgan fingerprint density at radius 3 is 2.53 bits per heavy atom. The normalized spacial score (nSPS) is 25.2. The van der Waals surface area contributed by atoms with E-state index in [0.29, 0.717) is 6.04 Å². The third-order valence-electron chi connectivity index (χ3n) is 4.61. The maximum atomic E-state index is 3.71. The van der Waals surface area contributed by atoms with Gasteiger partial charge in [-0.25, -0.2) is 0 Å². The van der Waals surface area contributed by atoms with Gasteiger partial charge in [0, 0.05) is 10.5 Å². The van der Waals surface area contributed by atoms with Crippen molar-refractivity contribution in [3.8, 4) is 0 Å². The quantitative estimate of drug-likeness (QED) is 0.773. The molecule has 106 valence electrons. The molecule has 0 spiro atoms. The van der Waals surface area contributed by atoms with Crippen LogP contribution in [0.5, 0.6) is 0 Å². The monoisotopic (exact) mass is 323 g/mol. The molecule has 1 unspecified atom stereocenters. The minimum Gasteiger partial charge on any atom is -0.310 e. The van der Waals surface area contributed by atoms with Crippen molar-refractivity contribution >= 4 is 15.9 Å². The predicted octanol–water partition coefficient (Wildman–Crippen LogP) is 5.32. The van der Waals surface area contributed by atoms with Gasteiger partial charge in [0.2, 0.25) is 0 Å². The summed E-state index contributed by atoms with van der Waals surface area (Å²) in [5.74, 6) is 1.89. The van der Waals surface area contributed by atoms with E-state index in [2.05, 4.69) is 59.4 Å². The number of hydrogen-bond acceptors (Lipinski definition) is 1. The zero-order valence-electron chi connectivity index (χ0n) is 12.2. The number of nitrogens with one attached hydrogen (secondary N) is 1. The molecule has 0 aliphatic heterocycles. The molecule has 1 nitrogen and oxygen atoms in total. The maximum Gasteiger partial charge on any atom is 0.0292 e. The van der Waals surface area contributed by atoms with Gasteiger partial charge in [0.15, 0.2) is 0 Å². The van der Waals surface area contributed by atoms with E-state index in [1.54, 1.807) is 0 Å². The lowest BCUT2D eigenvalue weighted by molar-refractivity contribution is 0.258. The minimum atomic E-state index is 0.446. The van der Waals surface area contributed by atoms with Gasteiger partial charge in [-0.3, -0.25) is 0 Å². The van der Waals surface area contributed by atoms with Crippen LogP contribution in [0.2, 0.25) is 0 Å². The second-order valence-corrected chi connectivity index (χ2v) is 6.90. The lowest BCUT2D eigenvalue weighted by Crippen LogP contribution is -2.28. The molecule has 1 aromatic rings. The first-order valence-electron chi connectivity index (χ1n) is 7.68. The van der Waals surface area contributed by atoms with Gasteiger partial charge in [0.25, 0.3) is 0 Å². The standard InChI is InChI=1S/C17H26BrN/c1-3-14-7-9-15(10-8-14)12-19-13(2)16-5-4-6-17(18)11-16/h4-6,11,13-15,19H,3,7-10,12H2,1-2H3. The molecule has 1 atom stereocenters. The molecule has 1 aliphatic carbocycles. The van der Waals surface area contributed by atoms with Crippen LogP contribution in [0.3, 0.4) is 0 Å². The van der Waals surface area contributed by atoms with Gasteiger partial charge in [0.1, 0.15) is 0 Å². The Labute approximate surface area is 126 Å². The van der Waals surface area contributed by atoms with E-state index in [4.69, 9.17) is 0 Å². The Kier molecular flexibility index (Phi) is 5.90. The fraction of sp³-hybridized carbons (Fsp3) is 0.647. The lowest BCUT2D eigenvalue weighted by Gasteiger charge is -2.29. The Hall–Kier alpha value is -0.340. The molecule has 2 rings (SSSR count). The number of rotatable bonds is 5. The average molecular weight is 324 g/mol. The summed E-state index contributed by atoms with van der Waals surface area (Å²) in [4.78, 5) is 0. The molecule has 0 radical (unpaired) electrons. The van der Waals surface area contributed by atoms with E-state index in [9.17, 15) is 0 Å². The third-order valence-corrected chi connectivity index (χ3v) is 5.10. The average Bonchev–Trinajstić information content (AvgIpc) is 2.45. The van der Waals surface area contributed by atoms with E-state index < -0.39 is 0 Å². The van der Waals surface area contributed by atoms with Gasteiger partial charge in [-0.15, -0.1) is 0 Å². The fourth-order valence-electron chi connectivity index (χ4n) is 3.08. The second kappa shape index (κ2) is 7.44. The van der Waals surface area contributed by atoms with Crippen LogP contribution < -0.4 is 5.32 Å². The highest BCUT2D eigenvalue weighted by Crippen LogP contribution is 2.30. The van der Waals surface area contributed by atoms with Crippen LogP contribution in [0.1, 0.15) is 57.6 Å². The van der Waals surface area contributed by atoms with Crippen molar-refractivity contribution in [2.75, 3.05) is 6.54 Å². The molecule has 0 amide bonds. The number of halogens is 1. The molecule has 1 saturated carbocycles. The van der Waals surface area contributed by atoms with Crippen LogP contribution in [0, 0.1) is 11.8 Å². The first kappa shape index (κ1) is 15.1. The van der Waals surface area contributed by atoms with Crippen LogP contribution >= 0.6 is 15.9 Å². The summed E-state index contributed by atoms with van der Waals surface area (Å²) in [5.41, 5.74) is 1.37. The molecule has 2 heteroatoms. The Morgan fingerprint density at radius 2 is 1.89 bits per heavy atom. The minimum absolute atomic E-state index is 0.446. The molecule has 0 bridgehead atoms. The predicted molar refractivity (Wildman–Crippen MR) is 86.3 cm³/mol. The summed E-state index contributed by atoms with van der Waals surface area (Å²) in [6.07, 6.45) is 7.07. The molecule has 1 N–H and O–H groups in total. The highest BCUT2D eigenvalue weighted by molar-refractivity contribution is 9.10. The van der Waals surface area contributed by atoms with Crippen molar-refractivity contribution in [2.24, 2.45) is 11.8 Å². The zero-order valence-corrected chi connectivity index (χ0v) is 13.7. The molecule has 0 saturated heterocycles. The van der Waals surface area contributed by atoms with Gasteiger partial charge in [-0.05, 0) is 55.8 Å². The topological polar surface area (TPSA) is 12.0 Å². The van der Waals surface area contributed by atoms with Crippen LogP contribution in [-0.2, 0) is 0 Å². The summed E-state index contributed by atoms with van der Waals surface area (Å²) in [6, 6.07) is 9.07. The van der Waals surface area contributed by atoms with Crippen molar-refractivity contribution in [1.29, 1.82) is 0 Å². The van der Waals surface area contributed by atoms with Gasteiger partial charge in [-0.1, -0.05) is 54.2 Å². The summed E-state index contributed by atoms with van der Waals surface area (Å²) in [6.45, 7) is 5.77. The van der Waals surface area contributed by atoms with E-state index in [1.165, 1.54) is 48.7 Å². The first-order chi connectivity index (χ1) is 9.19. The van der Waals surface area contributed by atoms with E-state index in [0.717, 1.165) is 11.8 Å². The van der Waals surface area contributed by atoms with Crippen LogP contribution in [0.25, 0.3) is 0 Å². The molecule has 19 heavy (non-hydrogen) atoms. The van der Waals surface area contributed by atoms with E-state index >= 15 is 0 Å². The van der Waals surface area contributed by atoms with Crippen molar-refractivity contribution in [3.05, 3.63) is 34.3 Å². The Balaban J connectivity index is 1.76. The number of benzene rings is 1. The smallest absolute Gasteiger partial charge is 0.0292 e. The van der Waals surface area contributed by atoms with Gasteiger partial charge in [-0.2, -0.15) is 0 Å². The van der Waals surface area contributed by atoms with Crippen LogP contribution in [0.15, 0.2) is 28.7 Å². The second-order valence-electron chi connectivity index (χ2n) is 5.98. The van der Waals surface area contributed by atoms with Crippen LogP contribution in [-0.4, -0.2) is 6.54 Å². The Morgan fingerprint density at radius 1 is 1.21 bits per heavy atom. The van der Waals surface area contributed by atoms with Gasteiger partial charge in [0.05, 0.1) is 0 Å². The highest BCUT2D eigenvalue weighted by Gasteiger charge is 2.20. The molecule has 1 fully saturated rings. The van der Waals surface area contributed by atoms with Gasteiger partial charge >= 0.3 is 0 Å². The van der Waals surface area contributed by atoms with E-state index in [-0.39, 0.29) is 0 Å². The van der Waals surface area contributed by atoms with Crippen molar-refractivity contribution in [3.63, 3.8) is 0 Å². The molecule has 1 aliphatic rings. The highest BCUT2D eigenvalue weighted by atomic mass is 79.9. The molecular weight excluding hydrogens is 298 g/mol. The molecule has 0 heterocycles.